The molecule has 0 unspecified atom stereocenters. The molecule has 0 bridgehead atoms. The Kier molecular flexibility index (Phi) is 3.80. The predicted molar refractivity (Wildman–Crippen MR) is 88.3 cm³/mol. The van der Waals surface area contributed by atoms with Gasteiger partial charge in [0.25, 0.3) is 5.22 Å². The van der Waals surface area contributed by atoms with E-state index in [9.17, 15) is 5.11 Å². The van der Waals surface area contributed by atoms with Crippen LogP contribution in [0.2, 0.25) is 0 Å². The zero-order valence-electron chi connectivity index (χ0n) is 12.4. The zero-order valence-corrected chi connectivity index (χ0v) is 13.3. The molecule has 23 heavy (non-hydrogen) atoms. The minimum absolute atomic E-state index is 0.115. The number of aromatic nitrogens is 2. The monoisotopic (exact) mass is 328 g/mol. The third-order valence-electron chi connectivity index (χ3n) is 4.08. The maximum absolute atomic E-state index is 9.46. The van der Waals surface area contributed by atoms with Crippen molar-refractivity contribution in [3.8, 4) is 11.5 Å². The van der Waals surface area contributed by atoms with E-state index in [1.807, 2.05) is 30.3 Å². The normalized spacial score (nSPS) is 16.4. The number of nitrogens with zero attached hydrogens (tertiary/aromatic N) is 2. The molecular formula is C17H16N2O3S. The van der Waals surface area contributed by atoms with Crippen LogP contribution in [-0.4, -0.2) is 40.9 Å². The van der Waals surface area contributed by atoms with Crippen LogP contribution in [0.25, 0.3) is 22.2 Å². The molecule has 1 aliphatic heterocycles. The average molecular weight is 328 g/mol. The number of ether oxygens (including phenoxy) is 1. The maximum atomic E-state index is 9.46. The van der Waals surface area contributed by atoms with Crippen LogP contribution < -0.4 is 0 Å². The molecule has 5 nitrogen and oxygen atoms in total. The average Bonchev–Trinajstić information content (AvgIpc) is 3.02. The first kappa shape index (κ1) is 14.7. The Hall–Kier alpha value is -1.89. The molecule has 1 fully saturated rings. The minimum Gasteiger partial charge on any atom is -0.411 e. The van der Waals surface area contributed by atoms with Gasteiger partial charge in [0.15, 0.2) is 0 Å². The maximum Gasteiger partial charge on any atom is 0.276 e. The van der Waals surface area contributed by atoms with Gasteiger partial charge in [-0.2, -0.15) is 0 Å². The highest BCUT2D eigenvalue weighted by molar-refractivity contribution is 7.99. The van der Waals surface area contributed by atoms with Gasteiger partial charge in [-0.05, 0) is 16.8 Å². The summed E-state index contributed by atoms with van der Waals surface area (Å²) in [4.78, 5) is 0. The molecule has 1 saturated heterocycles. The minimum atomic E-state index is -0.168. The lowest BCUT2D eigenvalue weighted by atomic mass is 9.90. The fraction of sp³-hybridized carbons (Fsp3) is 0.294. The van der Waals surface area contributed by atoms with Crippen molar-refractivity contribution < 1.29 is 14.3 Å². The molecule has 3 aromatic rings. The first-order valence-electron chi connectivity index (χ1n) is 7.43. The Labute approximate surface area is 137 Å². The molecule has 0 radical (unpaired) electrons. The number of fused-ring (bicyclic) bond motifs is 1. The van der Waals surface area contributed by atoms with Crippen molar-refractivity contribution in [1.82, 2.24) is 10.2 Å². The lowest BCUT2D eigenvalue weighted by Crippen LogP contribution is -2.47. The van der Waals surface area contributed by atoms with Gasteiger partial charge in [0.2, 0.25) is 5.89 Å². The zero-order chi connectivity index (χ0) is 15.7. The van der Waals surface area contributed by atoms with Gasteiger partial charge >= 0.3 is 0 Å². The van der Waals surface area contributed by atoms with E-state index in [1.54, 1.807) is 0 Å². The van der Waals surface area contributed by atoms with E-state index in [0.717, 1.165) is 16.3 Å². The summed E-state index contributed by atoms with van der Waals surface area (Å²) in [5.41, 5.74) is 0.768. The number of benzene rings is 2. The highest BCUT2D eigenvalue weighted by atomic mass is 32.2. The molecule has 0 saturated carbocycles. The van der Waals surface area contributed by atoms with Gasteiger partial charge in [0.1, 0.15) is 0 Å². The van der Waals surface area contributed by atoms with Gasteiger partial charge in [-0.3, -0.25) is 0 Å². The fourth-order valence-electron chi connectivity index (χ4n) is 2.61. The third kappa shape index (κ3) is 2.73. The Bertz CT molecular complexity index is 819. The molecule has 1 aromatic heterocycles. The molecule has 0 spiro atoms. The van der Waals surface area contributed by atoms with E-state index in [1.165, 1.54) is 11.8 Å². The van der Waals surface area contributed by atoms with Crippen LogP contribution in [-0.2, 0) is 4.74 Å². The van der Waals surface area contributed by atoms with Crippen molar-refractivity contribution in [3.63, 3.8) is 0 Å². The van der Waals surface area contributed by atoms with Gasteiger partial charge in [-0.15, -0.1) is 10.2 Å². The van der Waals surface area contributed by atoms with Gasteiger partial charge in [0.05, 0.1) is 19.8 Å². The summed E-state index contributed by atoms with van der Waals surface area (Å²) >= 11 is 1.47. The van der Waals surface area contributed by atoms with Gasteiger partial charge < -0.3 is 14.3 Å². The standard InChI is InChI=1S/C17H16N2O3S/c20-8-17(9-21-10-17)11-23-16-19-18-15(22-16)14-7-3-5-12-4-1-2-6-13(12)14/h1-7,20H,8-11H2. The number of aliphatic hydroxyl groups is 1. The second kappa shape index (κ2) is 5.96. The smallest absolute Gasteiger partial charge is 0.276 e. The first-order chi connectivity index (χ1) is 11.3. The van der Waals surface area contributed by atoms with Crippen LogP contribution in [0.4, 0.5) is 0 Å². The van der Waals surface area contributed by atoms with E-state index < -0.39 is 0 Å². The van der Waals surface area contributed by atoms with Gasteiger partial charge in [-0.25, -0.2) is 0 Å². The van der Waals surface area contributed by atoms with Crippen LogP contribution in [0.5, 0.6) is 0 Å². The second-order valence-corrected chi connectivity index (χ2v) is 6.77. The quantitative estimate of drug-likeness (QED) is 0.726. The number of hydrogen-bond donors (Lipinski definition) is 1. The lowest BCUT2D eigenvalue weighted by molar-refractivity contribution is -0.121. The van der Waals surface area contributed by atoms with Gasteiger partial charge in [0, 0.05) is 16.7 Å². The van der Waals surface area contributed by atoms with E-state index in [0.29, 0.717) is 30.1 Å². The van der Waals surface area contributed by atoms with E-state index in [4.69, 9.17) is 9.15 Å². The third-order valence-corrected chi connectivity index (χ3v) is 5.25. The largest absolute Gasteiger partial charge is 0.411 e. The van der Waals surface area contributed by atoms with E-state index >= 15 is 0 Å². The lowest BCUT2D eigenvalue weighted by Gasteiger charge is -2.39. The van der Waals surface area contributed by atoms with Crippen LogP contribution in [0, 0.1) is 5.41 Å². The molecule has 6 heteroatoms. The van der Waals surface area contributed by atoms with E-state index in [2.05, 4.69) is 22.3 Å². The molecule has 118 valence electrons. The number of aliphatic hydroxyl groups excluding tert-OH is 1. The molecule has 0 aliphatic carbocycles. The summed E-state index contributed by atoms with van der Waals surface area (Å²) in [7, 11) is 0. The van der Waals surface area contributed by atoms with E-state index in [-0.39, 0.29) is 12.0 Å². The highest BCUT2D eigenvalue weighted by Gasteiger charge is 2.38. The number of rotatable bonds is 5. The predicted octanol–water partition coefficient (Wildman–Crippen LogP) is 2.99. The van der Waals surface area contributed by atoms with Crippen molar-refractivity contribution in [3.05, 3.63) is 42.5 Å². The summed E-state index contributed by atoms with van der Waals surface area (Å²) < 4.78 is 11.0. The Morgan fingerprint density at radius 3 is 2.70 bits per heavy atom. The molecule has 1 aliphatic rings. The Morgan fingerprint density at radius 2 is 1.91 bits per heavy atom. The van der Waals surface area contributed by atoms with Crippen LogP contribution in [0.15, 0.2) is 52.1 Å². The summed E-state index contributed by atoms with van der Waals surface area (Å²) in [6.07, 6.45) is 0. The summed E-state index contributed by atoms with van der Waals surface area (Å²) in [5.74, 6) is 1.23. The molecule has 0 amide bonds. The molecule has 2 heterocycles. The number of hydrogen-bond acceptors (Lipinski definition) is 6. The van der Waals surface area contributed by atoms with Crippen LogP contribution in [0.1, 0.15) is 0 Å². The van der Waals surface area contributed by atoms with Crippen molar-refractivity contribution in [2.24, 2.45) is 5.41 Å². The molecule has 1 N–H and O–H groups in total. The fourth-order valence-corrected chi connectivity index (χ4v) is 3.54. The highest BCUT2D eigenvalue weighted by Crippen LogP contribution is 2.35. The Morgan fingerprint density at radius 1 is 1.09 bits per heavy atom. The number of thioether (sulfide) groups is 1. The van der Waals surface area contributed by atoms with Crippen molar-refractivity contribution in [1.29, 1.82) is 0 Å². The SMILES string of the molecule is OCC1(CSc2nnc(-c3cccc4ccccc34)o2)COC1. The second-order valence-electron chi connectivity index (χ2n) is 5.84. The molecule has 0 atom stereocenters. The molecule has 4 rings (SSSR count). The first-order valence-corrected chi connectivity index (χ1v) is 8.41. The summed E-state index contributed by atoms with van der Waals surface area (Å²) in [6.45, 7) is 1.28. The molecule has 2 aromatic carbocycles. The van der Waals surface area contributed by atoms with Gasteiger partial charge in [-0.1, -0.05) is 48.2 Å². The summed E-state index contributed by atoms with van der Waals surface area (Å²) in [5, 5.41) is 20.5. The van der Waals surface area contributed by atoms with Crippen LogP contribution >= 0.6 is 11.8 Å². The molecular weight excluding hydrogens is 312 g/mol. The van der Waals surface area contributed by atoms with Crippen molar-refractivity contribution in [2.75, 3.05) is 25.6 Å². The summed E-state index contributed by atoms with van der Waals surface area (Å²) in [6, 6.07) is 14.2. The van der Waals surface area contributed by atoms with Crippen molar-refractivity contribution >= 4 is 22.5 Å². The topological polar surface area (TPSA) is 68.4 Å². The Balaban J connectivity index is 1.57. The van der Waals surface area contributed by atoms with Crippen LogP contribution in [0.3, 0.4) is 0 Å². The van der Waals surface area contributed by atoms with Crippen molar-refractivity contribution in [2.45, 2.75) is 5.22 Å².